The van der Waals surface area contributed by atoms with Crippen molar-refractivity contribution < 1.29 is 4.79 Å². The molecule has 2 heterocycles. The summed E-state index contributed by atoms with van der Waals surface area (Å²) in [7, 11) is 0. The monoisotopic (exact) mass is 464 g/mol. The Labute approximate surface area is 194 Å². The molecule has 6 nitrogen and oxygen atoms in total. The zero-order valence-electron chi connectivity index (χ0n) is 18.2. The number of rotatable bonds is 7. The molecule has 0 N–H and O–H groups in total. The van der Waals surface area contributed by atoms with Gasteiger partial charge in [0.05, 0.1) is 22.3 Å². The minimum atomic E-state index is -0.0844. The Balaban J connectivity index is 1.58. The van der Waals surface area contributed by atoms with E-state index in [0.717, 1.165) is 17.8 Å². The molecular weight excluding hydrogens is 440 g/mol. The molecule has 0 saturated heterocycles. The van der Waals surface area contributed by atoms with Gasteiger partial charge in [-0.2, -0.15) is 0 Å². The van der Waals surface area contributed by atoms with Crippen molar-refractivity contribution in [1.29, 1.82) is 0 Å². The lowest BCUT2D eigenvalue weighted by atomic mass is 10.1. The number of hydrogen-bond donors (Lipinski definition) is 0. The first-order valence-corrected chi connectivity index (χ1v) is 12.3. The zero-order chi connectivity index (χ0) is 22.7. The van der Waals surface area contributed by atoms with Crippen LogP contribution >= 0.6 is 23.1 Å². The quantitative estimate of drug-likeness (QED) is 0.270. The van der Waals surface area contributed by atoms with Gasteiger partial charge in [0.25, 0.3) is 5.56 Å². The van der Waals surface area contributed by atoms with Crippen LogP contribution in [0.2, 0.25) is 0 Å². The van der Waals surface area contributed by atoms with Gasteiger partial charge in [-0.3, -0.25) is 19.1 Å². The normalized spacial score (nSPS) is 11.1. The van der Waals surface area contributed by atoms with Crippen LogP contribution in [0.4, 0.5) is 10.8 Å². The van der Waals surface area contributed by atoms with Crippen molar-refractivity contribution in [2.45, 2.75) is 44.6 Å². The second-order valence-corrected chi connectivity index (χ2v) is 9.02. The van der Waals surface area contributed by atoms with Gasteiger partial charge in [-0.25, -0.2) is 9.97 Å². The third-order valence-electron chi connectivity index (χ3n) is 5.14. The molecule has 0 aliphatic rings. The van der Waals surface area contributed by atoms with Crippen LogP contribution in [0.25, 0.3) is 10.9 Å². The van der Waals surface area contributed by atoms with Crippen LogP contribution in [-0.4, -0.2) is 20.4 Å². The number of fused-ring (bicyclic) bond motifs is 1. The largest absolute Gasteiger partial charge is 0.287 e. The van der Waals surface area contributed by atoms with E-state index in [1.54, 1.807) is 22.5 Å². The Hall–Kier alpha value is -2.97. The molecular formula is C24H24N4O2S2. The van der Waals surface area contributed by atoms with E-state index in [0.29, 0.717) is 33.5 Å². The van der Waals surface area contributed by atoms with E-state index in [4.69, 9.17) is 9.97 Å². The summed E-state index contributed by atoms with van der Waals surface area (Å²) in [4.78, 5) is 36.2. The number of thioether (sulfide) groups is 1. The van der Waals surface area contributed by atoms with Gasteiger partial charge in [0, 0.05) is 24.6 Å². The van der Waals surface area contributed by atoms with Crippen molar-refractivity contribution >= 4 is 50.7 Å². The Bertz CT molecular complexity index is 1310. The van der Waals surface area contributed by atoms with E-state index in [1.807, 2.05) is 54.8 Å². The molecule has 2 aromatic heterocycles. The van der Waals surface area contributed by atoms with Crippen molar-refractivity contribution in [2.24, 2.45) is 0 Å². The predicted octanol–water partition coefficient (Wildman–Crippen LogP) is 5.41. The van der Waals surface area contributed by atoms with Crippen molar-refractivity contribution in [1.82, 2.24) is 14.5 Å². The molecule has 0 radical (unpaired) electrons. The Morgan fingerprint density at radius 2 is 1.84 bits per heavy atom. The second kappa shape index (κ2) is 9.67. The maximum Gasteiger partial charge on any atom is 0.262 e. The third-order valence-corrected chi connectivity index (χ3v) is 7.03. The fraction of sp³-hybridized carbons (Fsp3) is 0.250. The predicted molar refractivity (Wildman–Crippen MR) is 132 cm³/mol. The highest BCUT2D eigenvalue weighted by molar-refractivity contribution is 7.98. The fourth-order valence-corrected chi connectivity index (χ4v) is 5.40. The van der Waals surface area contributed by atoms with E-state index in [9.17, 15) is 9.59 Å². The first-order valence-electron chi connectivity index (χ1n) is 10.5. The van der Waals surface area contributed by atoms with Crippen LogP contribution in [0.3, 0.4) is 0 Å². The number of aromatic nitrogens is 3. The molecule has 1 amide bonds. The summed E-state index contributed by atoms with van der Waals surface area (Å²) < 4.78 is 1.69. The van der Waals surface area contributed by atoms with Gasteiger partial charge in [-0.1, -0.05) is 43.0 Å². The number of para-hydroxylation sites is 1. The summed E-state index contributed by atoms with van der Waals surface area (Å²) in [6.45, 7) is 6.14. The molecule has 0 spiro atoms. The Kier molecular flexibility index (Phi) is 6.72. The average molecular weight is 465 g/mol. The SMILES string of the molecule is CCc1ccc(N(C(C)=O)c2nc(CSc3nc4ccccc4c(=O)n3CC)cs2)cc1. The number of carbonyl (C=O) groups is 1. The lowest BCUT2D eigenvalue weighted by molar-refractivity contribution is -0.115. The van der Waals surface area contributed by atoms with E-state index in [2.05, 4.69) is 6.92 Å². The molecule has 0 bridgehead atoms. The summed E-state index contributed by atoms with van der Waals surface area (Å²) in [6.07, 6.45) is 0.949. The molecule has 0 fully saturated rings. The molecule has 2 aromatic carbocycles. The van der Waals surface area contributed by atoms with Crippen molar-refractivity contribution in [3.8, 4) is 0 Å². The van der Waals surface area contributed by atoms with E-state index in [-0.39, 0.29) is 11.5 Å². The number of anilines is 2. The summed E-state index contributed by atoms with van der Waals surface area (Å²) in [5.74, 6) is 0.473. The van der Waals surface area contributed by atoms with Crippen LogP contribution in [-0.2, 0) is 23.5 Å². The van der Waals surface area contributed by atoms with Crippen molar-refractivity contribution in [3.05, 3.63) is 75.5 Å². The molecule has 32 heavy (non-hydrogen) atoms. The third kappa shape index (κ3) is 4.47. The maximum absolute atomic E-state index is 12.8. The topological polar surface area (TPSA) is 68.1 Å². The van der Waals surface area contributed by atoms with Crippen molar-refractivity contribution in [3.63, 3.8) is 0 Å². The van der Waals surface area contributed by atoms with Gasteiger partial charge in [0.15, 0.2) is 10.3 Å². The van der Waals surface area contributed by atoms with Crippen LogP contribution in [0, 0.1) is 0 Å². The summed E-state index contributed by atoms with van der Waals surface area (Å²) in [6, 6.07) is 15.4. The zero-order valence-corrected chi connectivity index (χ0v) is 19.9. The Morgan fingerprint density at radius 3 is 2.53 bits per heavy atom. The Morgan fingerprint density at radius 1 is 1.09 bits per heavy atom. The number of benzene rings is 2. The van der Waals surface area contributed by atoms with Gasteiger partial charge in [-0.15, -0.1) is 11.3 Å². The maximum atomic E-state index is 12.8. The molecule has 0 atom stereocenters. The van der Waals surface area contributed by atoms with E-state index >= 15 is 0 Å². The number of thiazole rings is 1. The fourth-order valence-electron chi connectivity index (χ4n) is 3.45. The second-order valence-electron chi connectivity index (χ2n) is 7.25. The number of carbonyl (C=O) groups excluding carboxylic acids is 1. The number of amides is 1. The van der Waals surface area contributed by atoms with E-state index in [1.165, 1.54) is 28.7 Å². The minimum absolute atomic E-state index is 0.0298. The van der Waals surface area contributed by atoms with Crippen LogP contribution < -0.4 is 10.5 Å². The molecule has 0 aliphatic heterocycles. The first kappa shape index (κ1) is 22.2. The van der Waals surface area contributed by atoms with Crippen LogP contribution in [0.15, 0.2) is 63.9 Å². The summed E-state index contributed by atoms with van der Waals surface area (Å²) in [5.41, 5.74) is 3.54. The van der Waals surface area contributed by atoms with Crippen LogP contribution in [0.5, 0.6) is 0 Å². The number of hydrogen-bond acceptors (Lipinski definition) is 6. The van der Waals surface area contributed by atoms with Gasteiger partial charge in [0.2, 0.25) is 5.91 Å². The summed E-state index contributed by atoms with van der Waals surface area (Å²) in [5, 5.41) is 3.88. The molecule has 4 rings (SSSR count). The molecule has 4 aromatic rings. The smallest absolute Gasteiger partial charge is 0.262 e. The highest BCUT2D eigenvalue weighted by Crippen LogP contribution is 2.31. The standard InChI is InChI=1S/C24H24N4O2S2/c1-4-17-10-12-19(13-11-17)28(16(3)29)24-25-18(15-32-24)14-31-23-26-21-9-7-6-8-20(21)22(30)27(23)5-2/h6-13,15H,4-5,14H2,1-3H3. The average Bonchev–Trinajstić information content (AvgIpc) is 3.26. The lowest BCUT2D eigenvalue weighted by Crippen LogP contribution is -2.22. The molecule has 0 saturated carbocycles. The van der Waals surface area contributed by atoms with Crippen molar-refractivity contribution in [2.75, 3.05) is 4.90 Å². The number of aryl methyl sites for hydroxylation is 1. The number of nitrogens with zero attached hydrogens (tertiary/aromatic N) is 4. The molecule has 0 aliphatic carbocycles. The van der Waals surface area contributed by atoms with Gasteiger partial charge in [-0.05, 0) is 43.2 Å². The molecule has 8 heteroatoms. The molecule has 164 valence electrons. The van der Waals surface area contributed by atoms with E-state index < -0.39 is 0 Å². The van der Waals surface area contributed by atoms with Gasteiger partial charge >= 0.3 is 0 Å². The first-order chi connectivity index (χ1) is 15.5. The minimum Gasteiger partial charge on any atom is -0.287 e. The molecule has 0 unspecified atom stereocenters. The summed E-state index contributed by atoms with van der Waals surface area (Å²) >= 11 is 2.91. The van der Waals surface area contributed by atoms with Gasteiger partial charge in [0.1, 0.15) is 0 Å². The highest BCUT2D eigenvalue weighted by atomic mass is 32.2. The lowest BCUT2D eigenvalue weighted by Gasteiger charge is -2.18. The van der Waals surface area contributed by atoms with Crippen LogP contribution in [0.1, 0.15) is 32.0 Å². The van der Waals surface area contributed by atoms with Gasteiger partial charge < -0.3 is 0 Å². The highest BCUT2D eigenvalue weighted by Gasteiger charge is 2.18.